The van der Waals surface area contributed by atoms with Gasteiger partial charge in [-0.15, -0.1) is 0 Å². The number of halogens is 4. The molecule has 0 saturated heterocycles. The molecule has 0 unspecified atom stereocenters. The molecule has 0 fully saturated rings. The topological polar surface area (TPSA) is 93.5 Å². The minimum absolute atomic E-state index is 0.210. The van der Waals surface area contributed by atoms with Gasteiger partial charge < -0.3 is 0 Å². The molecule has 6 nitrogen and oxygen atoms in total. The van der Waals surface area contributed by atoms with Gasteiger partial charge in [-0.1, -0.05) is 11.6 Å². The van der Waals surface area contributed by atoms with Crippen molar-refractivity contribution in [3.63, 3.8) is 0 Å². The van der Waals surface area contributed by atoms with Crippen LogP contribution in [0.4, 0.5) is 13.2 Å². The van der Waals surface area contributed by atoms with E-state index in [9.17, 15) is 31.2 Å². The van der Waals surface area contributed by atoms with Crippen LogP contribution in [0.1, 0.15) is 49.4 Å². The molecule has 0 spiro atoms. The van der Waals surface area contributed by atoms with Crippen LogP contribution in [-0.2, 0) is 21.0 Å². The number of aryl methyl sites for hydroxylation is 1. The zero-order valence-corrected chi connectivity index (χ0v) is 18.7. The first-order valence-corrected chi connectivity index (χ1v) is 10.9. The maximum absolute atomic E-state index is 13.3. The van der Waals surface area contributed by atoms with Crippen LogP contribution in [-0.4, -0.2) is 36.9 Å². The van der Waals surface area contributed by atoms with E-state index in [4.69, 9.17) is 11.6 Å². The number of hydrogen-bond donors (Lipinski definition) is 0. The highest BCUT2D eigenvalue weighted by atomic mass is 35.5. The molecule has 0 bridgehead atoms. The number of allylic oxidation sites excluding steroid dienone is 2. The number of Topliss-reactive ketones (excluding diaryl/α,β-unsaturated/α-hetero) is 2. The van der Waals surface area contributed by atoms with Crippen molar-refractivity contribution < 1.29 is 31.2 Å². The summed E-state index contributed by atoms with van der Waals surface area (Å²) < 4.78 is 66.1. The van der Waals surface area contributed by atoms with Crippen molar-refractivity contribution in [3.05, 3.63) is 39.7 Å². The highest BCUT2D eigenvalue weighted by molar-refractivity contribution is 7.89. The van der Waals surface area contributed by atoms with Gasteiger partial charge in [0.05, 0.1) is 28.4 Å². The van der Waals surface area contributed by atoms with Crippen molar-refractivity contribution in [1.82, 2.24) is 4.98 Å². The van der Waals surface area contributed by atoms with Crippen LogP contribution in [0, 0.1) is 17.8 Å². The molecule has 11 heteroatoms. The lowest BCUT2D eigenvalue weighted by Crippen LogP contribution is -2.49. The second-order valence-electron chi connectivity index (χ2n) is 8.10. The minimum atomic E-state index is -4.70. The molecule has 1 aliphatic carbocycles. The summed E-state index contributed by atoms with van der Waals surface area (Å²) in [6, 6.07) is 1.59. The van der Waals surface area contributed by atoms with Crippen molar-refractivity contribution in [2.75, 3.05) is 6.26 Å². The van der Waals surface area contributed by atoms with Crippen molar-refractivity contribution >= 4 is 38.9 Å². The van der Waals surface area contributed by atoms with E-state index in [2.05, 4.69) is 9.38 Å². The smallest absolute Gasteiger partial charge is 0.298 e. The molecule has 0 amide bonds. The van der Waals surface area contributed by atoms with Crippen molar-refractivity contribution in [3.8, 4) is 0 Å². The minimum Gasteiger partial charge on any atom is -0.298 e. The Bertz CT molecular complexity index is 1120. The van der Waals surface area contributed by atoms with Gasteiger partial charge in [0.15, 0.2) is 11.6 Å². The molecule has 0 aliphatic heterocycles. The average molecular weight is 465 g/mol. The van der Waals surface area contributed by atoms with Gasteiger partial charge in [-0.05, 0) is 46.8 Å². The second-order valence-corrected chi connectivity index (χ2v) is 10.1. The SMILES string of the molecule is Cc1nc(C(F)(F)F)ccc1C(=O)C1=C(Cl)C(C)(C)C(=O)C(C)(C)/C1=N\S(C)(=O)=O. The number of aromatic nitrogens is 1. The molecule has 0 N–H and O–H groups in total. The summed E-state index contributed by atoms with van der Waals surface area (Å²) in [5.74, 6) is -1.32. The van der Waals surface area contributed by atoms with E-state index in [1.807, 2.05) is 0 Å². The van der Waals surface area contributed by atoms with E-state index in [0.29, 0.717) is 6.07 Å². The van der Waals surface area contributed by atoms with Gasteiger partial charge in [0, 0.05) is 16.3 Å². The monoisotopic (exact) mass is 464 g/mol. The first kappa shape index (κ1) is 24.2. The molecule has 1 aliphatic rings. The predicted molar refractivity (Wildman–Crippen MR) is 106 cm³/mol. The Labute approximate surface area is 177 Å². The Balaban J connectivity index is 2.84. The summed E-state index contributed by atoms with van der Waals surface area (Å²) in [6.45, 7) is 6.99. The summed E-state index contributed by atoms with van der Waals surface area (Å²) >= 11 is 6.38. The standard InChI is InChI=1S/C19H20ClF3N2O4S/c1-9-10(7-8-11(24-9)19(21,22)23)13(26)12-14(20)17(2,3)16(27)18(4,5)15(12)25-30(6,28)29/h7-8H,1-6H3/b25-15-. The van der Waals surface area contributed by atoms with Gasteiger partial charge in [0.2, 0.25) is 0 Å². The largest absolute Gasteiger partial charge is 0.433 e. The molecule has 0 radical (unpaired) electrons. The molecule has 0 aromatic carbocycles. The second kappa shape index (κ2) is 7.26. The fourth-order valence-corrected chi connectivity index (χ4v) is 4.26. The zero-order valence-electron chi connectivity index (χ0n) is 17.1. The highest BCUT2D eigenvalue weighted by Gasteiger charge is 2.53. The first-order valence-electron chi connectivity index (χ1n) is 8.67. The van der Waals surface area contributed by atoms with Crippen LogP contribution in [0.25, 0.3) is 0 Å². The lowest BCUT2D eigenvalue weighted by molar-refractivity contribution is -0.141. The van der Waals surface area contributed by atoms with E-state index in [1.54, 1.807) is 0 Å². The number of pyridine rings is 1. The van der Waals surface area contributed by atoms with Crippen molar-refractivity contribution in [1.29, 1.82) is 0 Å². The number of hydrogen-bond acceptors (Lipinski definition) is 5. The third kappa shape index (κ3) is 4.20. The Hall–Kier alpha value is -2.07. The van der Waals surface area contributed by atoms with Gasteiger partial charge in [-0.25, -0.2) is 13.4 Å². The zero-order chi connectivity index (χ0) is 23.4. The van der Waals surface area contributed by atoms with Crippen LogP contribution in [0.15, 0.2) is 27.1 Å². The molecule has 1 aromatic rings. The third-order valence-corrected chi connectivity index (χ3v) is 6.01. The number of sulfonamides is 1. The third-order valence-electron chi connectivity index (χ3n) is 4.84. The first-order chi connectivity index (χ1) is 13.3. The number of carbonyl (C=O) groups is 2. The van der Waals surface area contributed by atoms with Gasteiger partial charge in [0.1, 0.15) is 5.69 Å². The van der Waals surface area contributed by atoms with Gasteiger partial charge in [-0.3, -0.25) is 9.59 Å². The van der Waals surface area contributed by atoms with Crippen LogP contribution in [0.3, 0.4) is 0 Å². The molecular formula is C19H20ClF3N2O4S. The Morgan fingerprint density at radius 2 is 1.67 bits per heavy atom. The van der Waals surface area contributed by atoms with Crippen molar-refractivity contribution in [2.24, 2.45) is 15.2 Å². The Morgan fingerprint density at radius 3 is 2.10 bits per heavy atom. The normalized spacial score (nSPS) is 20.6. The van der Waals surface area contributed by atoms with Crippen LogP contribution in [0.2, 0.25) is 0 Å². The Kier molecular flexibility index (Phi) is 5.86. The Morgan fingerprint density at radius 1 is 1.13 bits per heavy atom. The number of alkyl halides is 3. The summed E-state index contributed by atoms with van der Waals surface area (Å²) in [4.78, 5) is 29.7. The summed E-state index contributed by atoms with van der Waals surface area (Å²) in [6.07, 6.45) is -3.91. The molecule has 1 heterocycles. The predicted octanol–water partition coefficient (Wildman–Crippen LogP) is 4.12. The van der Waals surface area contributed by atoms with Crippen LogP contribution < -0.4 is 0 Å². The summed E-state index contributed by atoms with van der Waals surface area (Å²) in [5, 5.41) is -0.237. The maximum atomic E-state index is 13.3. The van der Waals surface area contributed by atoms with E-state index in [1.165, 1.54) is 34.6 Å². The van der Waals surface area contributed by atoms with E-state index in [-0.39, 0.29) is 27.6 Å². The molecule has 0 atom stereocenters. The molecule has 2 rings (SSSR count). The number of ketones is 2. The average Bonchev–Trinajstić information content (AvgIpc) is 2.57. The lowest BCUT2D eigenvalue weighted by Gasteiger charge is -2.40. The molecule has 30 heavy (non-hydrogen) atoms. The highest BCUT2D eigenvalue weighted by Crippen LogP contribution is 2.47. The van der Waals surface area contributed by atoms with Gasteiger partial charge in [-0.2, -0.15) is 17.6 Å². The molecule has 164 valence electrons. The quantitative estimate of drug-likeness (QED) is 0.627. The fourth-order valence-electron chi connectivity index (χ4n) is 3.34. The van der Waals surface area contributed by atoms with Crippen LogP contribution in [0.5, 0.6) is 0 Å². The fraction of sp³-hybridized carbons (Fsp3) is 0.474. The van der Waals surface area contributed by atoms with Crippen molar-refractivity contribution in [2.45, 2.75) is 40.8 Å². The van der Waals surface area contributed by atoms with E-state index >= 15 is 0 Å². The number of nitrogens with zero attached hydrogens (tertiary/aromatic N) is 2. The molecular weight excluding hydrogens is 445 g/mol. The van der Waals surface area contributed by atoms with Gasteiger partial charge in [0.25, 0.3) is 10.0 Å². The van der Waals surface area contributed by atoms with Gasteiger partial charge >= 0.3 is 6.18 Å². The summed E-state index contributed by atoms with van der Waals surface area (Å²) in [5.41, 5.74) is -5.15. The van der Waals surface area contributed by atoms with E-state index in [0.717, 1.165) is 12.3 Å². The molecule has 1 aromatic heterocycles. The molecule has 0 saturated carbocycles. The maximum Gasteiger partial charge on any atom is 0.433 e. The lowest BCUT2D eigenvalue weighted by atomic mass is 9.63. The number of carbonyl (C=O) groups excluding carboxylic acids is 2. The van der Waals surface area contributed by atoms with E-state index < -0.39 is 44.3 Å². The summed E-state index contributed by atoms with van der Waals surface area (Å²) in [7, 11) is -4.04. The van der Waals surface area contributed by atoms with Crippen LogP contribution >= 0.6 is 11.6 Å². The number of rotatable bonds is 3.